The number of hydrogen-bond acceptors (Lipinski definition) is 1. The summed E-state index contributed by atoms with van der Waals surface area (Å²) in [7, 11) is 0. The summed E-state index contributed by atoms with van der Waals surface area (Å²) in [5.41, 5.74) is 0. The second-order valence-corrected chi connectivity index (χ2v) is 6.16. The topological polar surface area (TPSA) is 0 Å². The molecule has 12 heavy (non-hydrogen) atoms. The van der Waals surface area contributed by atoms with E-state index >= 15 is 0 Å². The van der Waals surface area contributed by atoms with Crippen LogP contribution in [0.15, 0.2) is 26.5 Å². The van der Waals surface area contributed by atoms with Crippen molar-refractivity contribution in [3.63, 3.8) is 0 Å². The maximum atomic E-state index is 3.54. The van der Waals surface area contributed by atoms with Gasteiger partial charge < -0.3 is 0 Å². The minimum atomic E-state index is 1.12. The largest absolute Gasteiger partial charge is 0.141 e. The molecule has 0 aliphatic heterocycles. The Bertz CT molecular complexity index is 436. The summed E-state index contributed by atoms with van der Waals surface area (Å²) in [5, 5.41) is 3.49. The van der Waals surface area contributed by atoms with Crippen molar-refractivity contribution < 1.29 is 0 Å². The van der Waals surface area contributed by atoms with Crippen LogP contribution in [0.2, 0.25) is 0 Å². The first-order valence-electron chi connectivity index (χ1n) is 3.20. The normalized spacial score (nSPS) is 10.9. The zero-order valence-corrected chi connectivity index (χ0v) is 11.9. The highest BCUT2D eigenvalue weighted by molar-refractivity contribution is 14.1. The second-order valence-electron chi connectivity index (χ2n) is 2.35. The highest BCUT2D eigenvalue weighted by Gasteiger charge is 2.05. The van der Waals surface area contributed by atoms with Crippen LogP contribution in [-0.4, -0.2) is 0 Å². The molecule has 0 aliphatic carbocycles. The molecule has 0 amide bonds. The van der Waals surface area contributed by atoms with E-state index in [9.17, 15) is 0 Å². The van der Waals surface area contributed by atoms with E-state index in [1.165, 1.54) is 18.1 Å². The maximum Gasteiger partial charge on any atom is 0.0496 e. The molecule has 0 bridgehead atoms. The van der Waals surface area contributed by atoms with E-state index in [1.807, 2.05) is 0 Å². The number of rotatable bonds is 0. The van der Waals surface area contributed by atoms with Gasteiger partial charge in [-0.3, -0.25) is 0 Å². The van der Waals surface area contributed by atoms with Crippen LogP contribution in [0.5, 0.6) is 0 Å². The summed E-state index contributed by atoms with van der Waals surface area (Å²) in [4.78, 5) is 0. The number of hydrogen-bond donors (Lipinski definition) is 0. The highest BCUT2D eigenvalue weighted by atomic mass is 127. The number of halogens is 3. The lowest BCUT2D eigenvalue weighted by molar-refractivity contribution is 1.71. The fourth-order valence-corrected chi connectivity index (χ4v) is 4.34. The molecule has 0 saturated heterocycles. The van der Waals surface area contributed by atoms with Crippen molar-refractivity contribution in [2.24, 2.45) is 0 Å². The molecule has 2 rings (SSSR count). The highest BCUT2D eigenvalue weighted by Crippen LogP contribution is 2.35. The smallest absolute Gasteiger partial charge is 0.0496 e. The van der Waals surface area contributed by atoms with Gasteiger partial charge in [0.25, 0.3) is 0 Å². The molecule has 4 heteroatoms. The monoisotopic (exact) mass is 416 g/mol. The molecule has 62 valence electrons. The zero-order chi connectivity index (χ0) is 8.72. The molecule has 0 spiro atoms. The van der Waals surface area contributed by atoms with Gasteiger partial charge in [0.2, 0.25) is 0 Å². The molecule has 0 atom stereocenters. The van der Waals surface area contributed by atoms with Gasteiger partial charge in [0, 0.05) is 28.0 Å². The minimum Gasteiger partial charge on any atom is -0.141 e. The third kappa shape index (κ3) is 1.58. The van der Waals surface area contributed by atoms with E-state index in [0.29, 0.717) is 0 Å². The van der Waals surface area contributed by atoms with Crippen molar-refractivity contribution in [2.75, 3.05) is 0 Å². The van der Waals surface area contributed by atoms with Gasteiger partial charge in [-0.05, 0) is 50.7 Å². The molecule has 0 saturated carbocycles. The molecule has 0 aliphatic rings. The molecule has 1 aromatic carbocycles. The number of benzene rings is 1. The standard InChI is InChI=1S/C8H3Br2IS/c9-4-1-5-7(11)3-12-8(5)6(10)2-4/h1-3H. The van der Waals surface area contributed by atoms with Crippen LogP contribution < -0.4 is 0 Å². The van der Waals surface area contributed by atoms with Crippen LogP contribution in [0.4, 0.5) is 0 Å². The maximum absolute atomic E-state index is 3.54. The average molecular weight is 418 g/mol. The van der Waals surface area contributed by atoms with Crippen LogP contribution in [0.25, 0.3) is 10.1 Å². The predicted octanol–water partition coefficient (Wildman–Crippen LogP) is 5.03. The van der Waals surface area contributed by atoms with Crippen molar-refractivity contribution in [3.05, 3.63) is 30.0 Å². The Morgan fingerprint density at radius 1 is 1.25 bits per heavy atom. The predicted molar refractivity (Wildman–Crippen MR) is 69.9 cm³/mol. The second kappa shape index (κ2) is 3.55. The molecule has 0 unspecified atom stereocenters. The third-order valence-corrected chi connectivity index (χ3v) is 5.24. The Morgan fingerprint density at radius 3 is 2.75 bits per heavy atom. The molecule has 0 nitrogen and oxygen atoms in total. The molecule has 0 N–H and O–H groups in total. The summed E-state index contributed by atoms with van der Waals surface area (Å²) in [6.45, 7) is 0. The first-order valence-corrected chi connectivity index (χ1v) is 6.74. The van der Waals surface area contributed by atoms with Crippen molar-refractivity contribution in [2.45, 2.75) is 0 Å². The lowest BCUT2D eigenvalue weighted by Gasteiger charge is -1.95. The van der Waals surface area contributed by atoms with E-state index in [4.69, 9.17) is 0 Å². The molecule has 0 fully saturated rings. The first-order chi connectivity index (χ1) is 5.68. The Kier molecular flexibility index (Phi) is 2.79. The van der Waals surface area contributed by atoms with Gasteiger partial charge in [-0.25, -0.2) is 0 Å². The molecule has 1 aromatic heterocycles. The van der Waals surface area contributed by atoms with Crippen LogP contribution in [0.1, 0.15) is 0 Å². The quantitative estimate of drug-likeness (QED) is 0.527. The van der Waals surface area contributed by atoms with E-state index in [0.717, 1.165) is 4.47 Å². The van der Waals surface area contributed by atoms with Gasteiger partial charge in [-0.2, -0.15) is 0 Å². The van der Waals surface area contributed by atoms with Crippen molar-refractivity contribution in [1.29, 1.82) is 0 Å². The SMILES string of the molecule is Brc1cc(Br)c2scc(I)c2c1. The molecule has 1 heterocycles. The summed E-state index contributed by atoms with van der Waals surface area (Å²) in [6.07, 6.45) is 0. The van der Waals surface area contributed by atoms with E-state index in [-0.39, 0.29) is 0 Å². The van der Waals surface area contributed by atoms with Gasteiger partial charge in [0.1, 0.15) is 0 Å². The molecular weight excluding hydrogens is 415 g/mol. The van der Waals surface area contributed by atoms with E-state index < -0.39 is 0 Å². The Hall–Kier alpha value is 0.870. The number of thiophene rings is 1. The summed E-state index contributed by atoms with van der Waals surface area (Å²) in [6, 6.07) is 4.23. The Balaban J connectivity index is 2.92. The first kappa shape index (κ1) is 9.43. The fraction of sp³-hybridized carbons (Fsp3) is 0. The minimum absolute atomic E-state index is 1.12. The summed E-state index contributed by atoms with van der Waals surface area (Å²) >= 11 is 11.1. The van der Waals surface area contributed by atoms with Crippen LogP contribution >= 0.6 is 65.8 Å². The van der Waals surface area contributed by atoms with Gasteiger partial charge in [-0.15, -0.1) is 11.3 Å². The number of fused-ring (bicyclic) bond motifs is 1. The van der Waals surface area contributed by atoms with Crippen LogP contribution in [0, 0.1) is 3.57 Å². The van der Waals surface area contributed by atoms with Gasteiger partial charge in [-0.1, -0.05) is 15.9 Å². The van der Waals surface area contributed by atoms with Crippen molar-refractivity contribution in [1.82, 2.24) is 0 Å². The summed E-state index contributed by atoms with van der Waals surface area (Å²) < 4.78 is 4.93. The fourth-order valence-electron chi connectivity index (χ4n) is 1.03. The zero-order valence-electron chi connectivity index (χ0n) is 5.77. The molecular formula is C8H3Br2IS. The van der Waals surface area contributed by atoms with Gasteiger partial charge in [0.05, 0.1) is 0 Å². The van der Waals surface area contributed by atoms with Crippen LogP contribution in [0.3, 0.4) is 0 Å². The Morgan fingerprint density at radius 2 is 2.00 bits per heavy atom. The van der Waals surface area contributed by atoms with Gasteiger partial charge in [0.15, 0.2) is 0 Å². The van der Waals surface area contributed by atoms with Crippen molar-refractivity contribution in [3.8, 4) is 0 Å². The third-order valence-electron chi connectivity index (χ3n) is 1.55. The van der Waals surface area contributed by atoms with Gasteiger partial charge >= 0.3 is 0 Å². The average Bonchev–Trinajstić information content (AvgIpc) is 2.33. The Labute approximate surface area is 105 Å². The van der Waals surface area contributed by atoms with E-state index in [1.54, 1.807) is 11.3 Å². The lowest BCUT2D eigenvalue weighted by Crippen LogP contribution is -1.70. The summed E-state index contributed by atoms with van der Waals surface area (Å²) in [5.74, 6) is 0. The molecule has 0 radical (unpaired) electrons. The molecule has 2 aromatic rings. The van der Waals surface area contributed by atoms with Crippen molar-refractivity contribution >= 4 is 75.9 Å². The lowest BCUT2D eigenvalue weighted by atomic mass is 10.3. The van der Waals surface area contributed by atoms with Crippen LogP contribution in [-0.2, 0) is 0 Å². The van der Waals surface area contributed by atoms with E-state index in [2.05, 4.69) is 72.0 Å².